The Balaban J connectivity index is 2.72. The molecule has 96 valence electrons. The van der Waals surface area contributed by atoms with Gasteiger partial charge in [0.25, 0.3) is 0 Å². The summed E-state index contributed by atoms with van der Waals surface area (Å²) in [5.41, 5.74) is 0.270. The largest absolute Gasteiger partial charge is 0.313 e. The van der Waals surface area contributed by atoms with Crippen LogP contribution in [0.5, 0.6) is 0 Å². The lowest BCUT2D eigenvalue weighted by atomic mass is 10.0. The fourth-order valence-electron chi connectivity index (χ4n) is 2.53. The SMILES string of the molecule is CC1CCN(C(C)(C)C)C(CN(C)C)CN1. The topological polar surface area (TPSA) is 18.5 Å². The third-order valence-electron chi connectivity index (χ3n) is 3.38. The second-order valence-corrected chi connectivity index (χ2v) is 6.38. The molecule has 3 nitrogen and oxygen atoms in total. The van der Waals surface area contributed by atoms with Crippen molar-refractivity contribution in [3.63, 3.8) is 0 Å². The van der Waals surface area contributed by atoms with Crippen LogP contribution in [0.1, 0.15) is 34.1 Å². The molecular weight excluding hydrogens is 198 g/mol. The molecule has 0 amide bonds. The van der Waals surface area contributed by atoms with Gasteiger partial charge in [-0.15, -0.1) is 0 Å². The van der Waals surface area contributed by atoms with Crippen molar-refractivity contribution in [3.8, 4) is 0 Å². The molecule has 1 aliphatic heterocycles. The van der Waals surface area contributed by atoms with Crippen molar-refractivity contribution in [1.82, 2.24) is 15.1 Å². The van der Waals surface area contributed by atoms with Gasteiger partial charge in [-0.2, -0.15) is 0 Å². The molecule has 0 aromatic carbocycles. The normalized spacial score (nSPS) is 29.4. The molecule has 0 aromatic heterocycles. The summed E-state index contributed by atoms with van der Waals surface area (Å²) in [5, 5.41) is 3.63. The van der Waals surface area contributed by atoms with Gasteiger partial charge in [-0.1, -0.05) is 0 Å². The predicted molar refractivity (Wildman–Crippen MR) is 70.9 cm³/mol. The van der Waals surface area contributed by atoms with E-state index in [9.17, 15) is 0 Å². The van der Waals surface area contributed by atoms with Crippen LogP contribution in [0.4, 0.5) is 0 Å². The van der Waals surface area contributed by atoms with Crippen molar-refractivity contribution >= 4 is 0 Å². The summed E-state index contributed by atoms with van der Waals surface area (Å²) in [6.45, 7) is 12.7. The summed E-state index contributed by atoms with van der Waals surface area (Å²) in [6.07, 6.45) is 1.25. The van der Waals surface area contributed by atoms with E-state index in [4.69, 9.17) is 0 Å². The number of nitrogens with zero attached hydrogens (tertiary/aromatic N) is 2. The Bertz CT molecular complexity index is 208. The molecule has 2 atom stereocenters. The van der Waals surface area contributed by atoms with Crippen molar-refractivity contribution in [2.75, 3.05) is 33.7 Å². The van der Waals surface area contributed by atoms with E-state index in [0.717, 1.165) is 13.1 Å². The lowest BCUT2D eigenvalue weighted by Crippen LogP contribution is -2.53. The number of likely N-dealkylation sites (N-methyl/N-ethyl adjacent to an activating group) is 1. The molecule has 2 unspecified atom stereocenters. The molecule has 1 N–H and O–H groups in total. The molecule has 16 heavy (non-hydrogen) atoms. The van der Waals surface area contributed by atoms with Gasteiger partial charge in [-0.25, -0.2) is 0 Å². The minimum atomic E-state index is 0.270. The van der Waals surface area contributed by atoms with Gasteiger partial charge in [-0.3, -0.25) is 4.90 Å². The van der Waals surface area contributed by atoms with Crippen molar-refractivity contribution in [2.45, 2.75) is 51.7 Å². The smallest absolute Gasteiger partial charge is 0.0352 e. The standard InChI is InChI=1S/C13H29N3/c1-11-7-8-16(13(2,3)4)12(9-14-11)10-15(5)6/h11-12,14H,7-10H2,1-6H3. The zero-order valence-corrected chi connectivity index (χ0v) is 11.9. The Hall–Kier alpha value is -0.120. The maximum Gasteiger partial charge on any atom is 0.0352 e. The van der Waals surface area contributed by atoms with Crippen molar-refractivity contribution in [3.05, 3.63) is 0 Å². The molecule has 0 radical (unpaired) electrons. The zero-order valence-electron chi connectivity index (χ0n) is 11.9. The first-order valence-corrected chi connectivity index (χ1v) is 6.45. The summed E-state index contributed by atoms with van der Waals surface area (Å²) in [7, 11) is 4.32. The Kier molecular flexibility index (Phi) is 4.77. The molecule has 1 heterocycles. The number of hydrogen-bond acceptors (Lipinski definition) is 3. The van der Waals surface area contributed by atoms with E-state index in [1.165, 1.54) is 13.0 Å². The molecule has 0 aliphatic carbocycles. The summed E-state index contributed by atoms with van der Waals surface area (Å²) in [5.74, 6) is 0. The second-order valence-electron chi connectivity index (χ2n) is 6.38. The van der Waals surface area contributed by atoms with Gasteiger partial charge in [0, 0.05) is 37.3 Å². The molecule has 0 saturated carbocycles. The van der Waals surface area contributed by atoms with E-state index >= 15 is 0 Å². The van der Waals surface area contributed by atoms with Crippen LogP contribution in [-0.4, -0.2) is 61.2 Å². The third-order valence-corrected chi connectivity index (χ3v) is 3.38. The summed E-state index contributed by atoms with van der Waals surface area (Å²) < 4.78 is 0. The third kappa shape index (κ3) is 4.04. The Morgan fingerprint density at radius 2 is 1.94 bits per heavy atom. The highest BCUT2D eigenvalue weighted by Crippen LogP contribution is 2.20. The maximum absolute atomic E-state index is 3.63. The summed E-state index contributed by atoms with van der Waals surface area (Å²) >= 11 is 0. The minimum Gasteiger partial charge on any atom is -0.313 e. The molecule has 1 saturated heterocycles. The van der Waals surface area contributed by atoms with Crippen LogP contribution < -0.4 is 5.32 Å². The van der Waals surface area contributed by atoms with Crippen LogP contribution in [0.15, 0.2) is 0 Å². The quantitative estimate of drug-likeness (QED) is 0.769. The van der Waals surface area contributed by atoms with Crippen LogP contribution in [-0.2, 0) is 0 Å². The molecule has 0 aromatic rings. The Morgan fingerprint density at radius 3 is 2.44 bits per heavy atom. The van der Waals surface area contributed by atoms with Crippen LogP contribution in [0.2, 0.25) is 0 Å². The van der Waals surface area contributed by atoms with Gasteiger partial charge in [0.05, 0.1) is 0 Å². The van der Waals surface area contributed by atoms with Gasteiger partial charge >= 0.3 is 0 Å². The van der Waals surface area contributed by atoms with Crippen molar-refractivity contribution in [2.24, 2.45) is 0 Å². The molecule has 3 heteroatoms. The average Bonchev–Trinajstić information content (AvgIpc) is 2.26. The average molecular weight is 227 g/mol. The van der Waals surface area contributed by atoms with Gasteiger partial charge < -0.3 is 10.2 Å². The number of nitrogens with one attached hydrogen (secondary N) is 1. The summed E-state index contributed by atoms with van der Waals surface area (Å²) in [4.78, 5) is 4.95. The van der Waals surface area contributed by atoms with E-state index in [-0.39, 0.29) is 5.54 Å². The second kappa shape index (κ2) is 5.48. The van der Waals surface area contributed by atoms with Crippen molar-refractivity contribution in [1.29, 1.82) is 0 Å². The maximum atomic E-state index is 3.63. The minimum absolute atomic E-state index is 0.270. The predicted octanol–water partition coefficient (Wildman–Crippen LogP) is 1.40. The number of hydrogen-bond donors (Lipinski definition) is 1. The van der Waals surface area contributed by atoms with E-state index in [1.54, 1.807) is 0 Å². The molecule has 1 aliphatic rings. The molecule has 0 spiro atoms. The van der Waals surface area contributed by atoms with Crippen LogP contribution in [0.3, 0.4) is 0 Å². The van der Waals surface area contributed by atoms with E-state index in [0.29, 0.717) is 12.1 Å². The lowest BCUT2D eigenvalue weighted by molar-refractivity contribution is 0.0751. The first kappa shape index (κ1) is 13.9. The van der Waals surface area contributed by atoms with Gasteiger partial charge in [0.1, 0.15) is 0 Å². The molecule has 0 bridgehead atoms. The summed E-state index contributed by atoms with van der Waals surface area (Å²) in [6, 6.07) is 1.27. The van der Waals surface area contributed by atoms with Crippen LogP contribution in [0, 0.1) is 0 Å². The number of rotatable bonds is 2. The van der Waals surface area contributed by atoms with Crippen LogP contribution >= 0.6 is 0 Å². The van der Waals surface area contributed by atoms with Gasteiger partial charge in [0.15, 0.2) is 0 Å². The van der Waals surface area contributed by atoms with Crippen molar-refractivity contribution < 1.29 is 0 Å². The van der Waals surface area contributed by atoms with E-state index in [1.807, 2.05) is 0 Å². The van der Waals surface area contributed by atoms with Gasteiger partial charge in [0.2, 0.25) is 0 Å². The lowest BCUT2D eigenvalue weighted by Gasteiger charge is -2.41. The highest BCUT2D eigenvalue weighted by Gasteiger charge is 2.31. The molecule has 1 rings (SSSR count). The van der Waals surface area contributed by atoms with Crippen LogP contribution in [0.25, 0.3) is 0 Å². The first-order valence-electron chi connectivity index (χ1n) is 6.45. The fraction of sp³-hybridized carbons (Fsp3) is 1.00. The van der Waals surface area contributed by atoms with E-state index < -0.39 is 0 Å². The highest BCUT2D eigenvalue weighted by molar-refractivity contribution is 4.89. The molecular formula is C13H29N3. The van der Waals surface area contributed by atoms with Gasteiger partial charge in [-0.05, 0) is 48.2 Å². The zero-order chi connectivity index (χ0) is 12.3. The Labute approximate surface area is 101 Å². The Morgan fingerprint density at radius 1 is 1.31 bits per heavy atom. The molecule has 1 fully saturated rings. The monoisotopic (exact) mass is 227 g/mol. The first-order chi connectivity index (χ1) is 7.30. The highest BCUT2D eigenvalue weighted by atomic mass is 15.3. The fourth-order valence-corrected chi connectivity index (χ4v) is 2.53. The van der Waals surface area contributed by atoms with E-state index in [2.05, 4.69) is 56.9 Å².